The number of amides is 5. The summed E-state index contributed by atoms with van der Waals surface area (Å²) in [6.07, 6.45) is -61.0. The van der Waals surface area contributed by atoms with Gasteiger partial charge in [-0.3, -0.25) is 24.0 Å². The number of aliphatic hydroxyl groups excluding tert-OH is 19. The quantitative estimate of drug-likeness (QED) is 0.0404. The van der Waals surface area contributed by atoms with Crippen molar-refractivity contribution in [2.24, 2.45) is 11.5 Å². The smallest absolute Gasteiger partial charge is 0.277 e. The number of hydrogen-bond acceptors (Lipinski definition) is 35. The molecule has 88 heavy (non-hydrogen) atoms. The Balaban J connectivity index is 1.46. The van der Waals surface area contributed by atoms with Gasteiger partial charge in [0.25, 0.3) is 23.4 Å². The molecule has 0 aromatic heterocycles. The lowest BCUT2D eigenvalue weighted by atomic mass is 9.86. The van der Waals surface area contributed by atoms with Crippen molar-refractivity contribution >= 4 is 29.5 Å². The SMILES string of the molecule is CC(=O)N[C@H]1[C@H](O[C@@H]2[C@H](O[C@]3(C(N)=O)C[C@H](O)[C@@H](NC(C)=O)[C@H]([C@H](O)[C@@H](CO)O[C@]4(C(N)=O)C[C@H](O)[C@@H](NC(C)=O)[C@H]([C@H](O)[C@H](O)CO)O4)O3)[C@@H](O)[C@H](O[C@H]3[C@H](O)[C@@H](O)[C@H](O)O[C@@H]3CO)O[C@@H]2CO)O[C@H](CO)[C@H](O)[C@@H]1O[C@@H]1O[C@H](CO)[C@H](O)[C@H](O)[C@H]1O. The molecule has 0 saturated carbocycles. The third kappa shape index (κ3) is 15.6. The molecule has 26 N–H and O–H groups in total. The highest BCUT2D eigenvalue weighted by Gasteiger charge is 2.63. The fourth-order valence-electron chi connectivity index (χ4n) is 11.2. The normalized spacial score (nSPS) is 44.6. The van der Waals surface area contributed by atoms with E-state index in [9.17, 15) is 121 Å². The lowest BCUT2D eigenvalue weighted by molar-refractivity contribution is -0.402. The van der Waals surface area contributed by atoms with E-state index in [4.69, 9.17) is 63.6 Å². The van der Waals surface area contributed by atoms with E-state index >= 15 is 0 Å². The molecule has 6 aliphatic heterocycles. The van der Waals surface area contributed by atoms with Gasteiger partial charge in [-0.15, -0.1) is 0 Å². The van der Waals surface area contributed by atoms with Crippen molar-refractivity contribution in [3.63, 3.8) is 0 Å². The van der Waals surface area contributed by atoms with Gasteiger partial charge in [0.05, 0.1) is 63.9 Å². The molecular weight excluding hydrogens is 1210 g/mol. The highest BCUT2D eigenvalue weighted by Crippen LogP contribution is 2.42. The molecule has 0 aromatic carbocycles. The topological polar surface area (TPSA) is 659 Å². The standard InChI is InChI=1S/C48H81N5O35/c1-12(60)51-23-15(63)4-47(45(49)76,86-38(23)26(66)17(65)6-54)85-20(9-57)29(69)39-24(52-13(2)61)16(64)5-48(87-39,46(50)77)88-40-34(74)44(82-35-21(10-58)78-41(75)32(72)31(35)71)81-22(11-59)36(40)83-42-25(53-14(3)62)37(28(68)19(8-56)79-42)84-43-33(73)30(70)27(67)18(7-55)80-43/h15-44,54-59,63-75H,4-11H2,1-3H3,(H2,49,76)(H2,50,77)(H,51,60)(H,52,61)(H,53,62)/t15-,16-,17+,18+,19+,20+,21+,22+,23+,24+,25+,26+,27-,28-,29+,30-,31+,32+,33+,34+,35+,36-,37+,38+,39+,40+,41+,42-,43-,44-,47+,48-/m0/s1. The second kappa shape index (κ2) is 30.7. The van der Waals surface area contributed by atoms with Crippen molar-refractivity contribution in [2.75, 3.05) is 39.6 Å². The van der Waals surface area contributed by atoms with E-state index in [1.165, 1.54) is 0 Å². The Hall–Kier alpha value is -3.85. The summed E-state index contributed by atoms with van der Waals surface area (Å²) in [4.78, 5) is 65.6. The van der Waals surface area contributed by atoms with Gasteiger partial charge in [-0.05, 0) is 0 Å². The molecule has 0 spiro atoms. The Labute approximate surface area is 497 Å². The molecule has 0 radical (unpaired) electrons. The van der Waals surface area contributed by atoms with Crippen LogP contribution >= 0.6 is 0 Å². The van der Waals surface area contributed by atoms with Crippen LogP contribution in [0.4, 0.5) is 0 Å². The van der Waals surface area contributed by atoms with Crippen molar-refractivity contribution in [1.29, 1.82) is 0 Å². The van der Waals surface area contributed by atoms with E-state index in [-0.39, 0.29) is 0 Å². The zero-order valence-electron chi connectivity index (χ0n) is 47.2. The predicted molar refractivity (Wildman–Crippen MR) is 271 cm³/mol. The van der Waals surface area contributed by atoms with Crippen LogP contribution in [0.25, 0.3) is 0 Å². The molecule has 0 aliphatic carbocycles. The van der Waals surface area contributed by atoms with Crippen LogP contribution in [0.3, 0.4) is 0 Å². The van der Waals surface area contributed by atoms with Crippen LogP contribution in [0, 0.1) is 0 Å². The van der Waals surface area contributed by atoms with Gasteiger partial charge >= 0.3 is 0 Å². The van der Waals surface area contributed by atoms with Crippen molar-refractivity contribution in [2.45, 2.75) is 229 Å². The average Bonchev–Trinajstić information content (AvgIpc) is 0.788. The van der Waals surface area contributed by atoms with Crippen LogP contribution in [0.2, 0.25) is 0 Å². The van der Waals surface area contributed by atoms with Gasteiger partial charge in [-0.2, -0.15) is 0 Å². The van der Waals surface area contributed by atoms with Gasteiger partial charge in [-0.1, -0.05) is 0 Å². The molecule has 6 fully saturated rings. The minimum Gasteiger partial charge on any atom is -0.394 e. The Morgan fingerprint density at radius 2 is 0.920 bits per heavy atom. The molecule has 40 nitrogen and oxygen atoms in total. The van der Waals surface area contributed by atoms with Gasteiger partial charge < -0.3 is 177 Å². The molecule has 32 atom stereocenters. The number of primary amides is 2. The molecule has 0 unspecified atom stereocenters. The van der Waals surface area contributed by atoms with E-state index in [1.807, 2.05) is 0 Å². The Kier molecular flexibility index (Phi) is 25.6. The number of nitrogens with one attached hydrogen (secondary N) is 3. The van der Waals surface area contributed by atoms with Crippen molar-refractivity contribution in [3.8, 4) is 0 Å². The molecule has 0 aromatic rings. The second-order valence-corrected chi connectivity index (χ2v) is 21.9. The summed E-state index contributed by atoms with van der Waals surface area (Å²) in [5.41, 5.74) is 11.7. The summed E-state index contributed by atoms with van der Waals surface area (Å²) in [6.45, 7) is -4.36. The molecule has 6 saturated heterocycles. The van der Waals surface area contributed by atoms with Crippen LogP contribution in [0.5, 0.6) is 0 Å². The van der Waals surface area contributed by atoms with E-state index in [0.717, 1.165) is 20.8 Å². The average molecular weight is 1290 g/mol. The first kappa shape index (κ1) is 73.2. The molecule has 5 amide bonds. The van der Waals surface area contributed by atoms with Crippen LogP contribution in [0.1, 0.15) is 33.6 Å². The van der Waals surface area contributed by atoms with Crippen molar-refractivity contribution < 1.29 is 173 Å². The molecule has 508 valence electrons. The van der Waals surface area contributed by atoms with Gasteiger partial charge in [-0.25, -0.2) is 0 Å². The zero-order chi connectivity index (χ0) is 65.8. The first-order valence-corrected chi connectivity index (χ1v) is 27.5. The van der Waals surface area contributed by atoms with E-state index in [1.54, 1.807) is 0 Å². The Morgan fingerprint density at radius 1 is 0.477 bits per heavy atom. The monoisotopic (exact) mass is 1290 g/mol. The Bertz CT molecular complexity index is 2320. The van der Waals surface area contributed by atoms with E-state index < -0.39 is 277 Å². The van der Waals surface area contributed by atoms with Crippen LogP contribution in [-0.2, 0) is 76.1 Å². The maximum atomic E-state index is 14.2. The molecular formula is C48H81N5O35. The number of hydrogen-bond donors (Lipinski definition) is 24. The highest BCUT2D eigenvalue weighted by atomic mass is 16.8. The molecule has 6 aliphatic rings. The summed E-state index contributed by atoms with van der Waals surface area (Å²) >= 11 is 0. The van der Waals surface area contributed by atoms with Crippen LogP contribution in [0.15, 0.2) is 0 Å². The summed E-state index contributed by atoms with van der Waals surface area (Å²) in [5, 5.41) is 214. The minimum absolute atomic E-state index is 0.855. The lowest BCUT2D eigenvalue weighted by Crippen LogP contribution is -2.73. The Morgan fingerprint density at radius 3 is 1.43 bits per heavy atom. The summed E-state index contributed by atoms with van der Waals surface area (Å²) < 4.78 is 64.3. The van der Waals surface area contributed by atoms with Gasteiger partial charge in [0, 0.05) is 33.6 Å². The number of nitrogens with two attached hydrogens (primary N) is 2. The number of rotatable bonds is 25. The summed E-state index contributed by atoms with van der Waals surface area (Å²) in [6, 6.07) is -5.65. The van der Waals surface area contributed by atoms with Crippen molar-refractivity contribution in [3.05, 3.63) is 0 Å². The number of ether oxygens (including phenoxy) is 11. The third-order valence-corrected chi connectivity index (χ3v) is 15.7. The zero-order valence-corrected chi connectivity index (χ0v) is 47.2. The predicted octanol–water partition coefficient (Wildman–Crippen LogP) is -16.5. The highest BCUT2D eigenvalue weighted by molar-refractivity contribution is 5.83. The molecule has 40 heteroatoms. The first-order chi connectivity index (χ1) is 41.3. The maximum absolute atomic E-state index is 14.2. The van der Waals surface area contributed by atoms with Crippen molar-refractivity contribution in [1.82, 2.24) is 16.0 Å². The van der Waals surface area contributed by atoms with Gasteiger partial charge in [0.15, 0.2) is 25.2 Å². The van der Waals surface area contributed by atoms with E-state index in [2.05, 4.69) is 16.0 Å². The molecule has 6 heterocycles. The van der Waals surface area contributed by atoms with Gasteiger partial charge in [0.1, 0.15) is 134 Å². The fourth-order valence-corrected chi connectivity index (χ4v) is 11.2. The second-order valence-electron chi connectivity index (χ2n) is 21.9. The minimum atomic E-state index is -3.39. The van der Waals surface area contributed by atoms with Crippen LogP contribution in [-0.4, -0.2) is 361 Å². The maximum Gasteiger partial charge on any atom is 0.277 e. The number of aliphatic hydroxyl groups is 19. The largest absolute Gasteiger partial charge is 0.394 e. The number of carbonyl (C=O) groups is 5. The fraction of sp³-hybridized carbons (Fsp3) is 0.896. The summed E-state index contributed by atoms with van der Waals surface area (Å²) in [7, 11) is 0. The van der Waals surface area contributed by atoms with E-state index in [0.29, 0.717) is 0 Å². The first-order valence-electron chi connectivity index (χ1n) is 27.5. The molecule has 6 rings (SSSR count). The molecule has 0 bridgehead atoms. The third-order valence-electron chi connectivity index (χ3n) is 15.7. The van der Waals surface area contributed by atoms with Crippen LogP contribution < -0.4 is 27.4 Å². The van der Waals surface area contributed by atoms with Gasteiger partial charge in [0.2, 0.25) is 17.7 Å². The summed E-state index contributed by atoms with van der Waals surface area (Å²) in [5.74, 6) is -12.8. The number of carbonyl (C=O) groups excluding carboxylic acids is 5. The lowest BCUT2D eigenvalue weighted by Gasteiger charge is -2.53.